The van der Waals surface area contributed by atoms with Gasteiger partial charge in [-0.25, -0.2) is 8.42 Å². The molecule has 7 heteroatoms. The van der Waals surface area contributed by atoms with E-state index < -0.39 is 10.0 Å². The summed E-state index contributed by atoms with van der Waals surface area (Å²) in [6.07, 6.45) is 0.707. The maximum absolute atomic E-state index is 12.8. The largest absolute Gasteiger partial charge is 0.465 e. The molecule has 114 valence electrons. The molecular formula is C13H22N2O4S. The molecule has 20 heavy (non-hydrogen) atoms. The molecule has 1 N–H and O–H groups in total. The Bertz CT molecular complexity index is 579. The lowest BCUT2D eigenvalue weighted by Crippen LogP contribution is -2.31. The summed E-state index contributed by atoms with van der Waals surface area (Å²) in [4.78, 5) is 0.307. The van der Waals surface area contributed by atoms with Gasteiger partial charge in [0, 0.05) is 32.3 Å². The van der Waals surface area contributed by atoms with E-state index in [-0.39, 0.29) is 6.10 Å². The van der Waals surface area contributed by atoms with Crippen molar-refractivity contribution in [2.75, 3.05) is 27.2 Å². The second-order valence-corrected chi connectivity index (χ2v) is 6.94. The van der Waals surface area contributed by atoms with Crippen LogP contribution in [0.3, 0.4) is 0 Å². The van der Waals surface area contributed by atoms with Crippen molar-refractivity contribution in [2.45, 2.75) is 37.8 Å². The Morgan fingerprint density at radius 2 is 2.10 bits per heavy atom. The molecule has 0 saturated carbocycles. The van der Waals surface area contributed by atoms with Crippen molar-refractivity contribution in [3.05, 3.63) is 17.1 Å². The van der Waals surface area contributed by atoms with Crippen LogP contribution in [0.5, 0.6) is 0 Å². The molecule has 1 aliphatic rings. The molecule has 1 saturated heterocycles. The van der Waals surface area contributed by atoms with Crippen LogP contribution < -0.4 is 5.32 Å². The van der Waals surface area contributed by atoms with Gasteiger partial charge in [-0.05, 0) is 27.3 Å². The Balaban J connectivity index is 2.40. The molecule has 2 heterocycles. The van der Waals surface area contributed by atoms with Crippen LogP contribution in [0.25, 0.3) is 0 Å². The Labute approximate surface area is 120 Å². The number of furan rings is 1. The van der Waals surface area contributed by atoms with Crippen LogP contribution in [-0.4, -0.2) is 46.1 Å². The second kappa shape index (κ2) is 5.85. The van der Waals surface area contributed by atoms with Crippen molar-refractivity contribution in [1.29, 1.82) is 0 Å². The third-order valence-electron chi connectivity index (χ3n) is 3.72. The molecule has 0 spiro atoms. The normalized spacial score (nSPS) is 20.7. The van der Waals surface area contributed by atoms with Crippen LogP contribution in [0.15, 0.2) is 9.31 Å². The Morgan fingerprint density at radius 3 is 2.65 bits per heavy atom. The first-order chi connectivity index (χ1) is 9.41. The van der Waals surface area contributed by atoms with E-state index in [1.165, 1.54) is 4.31 Å². The lowest BCUT2D eigenvalue weighted by atomic mass is 10.2. The highest BCUT2D eigenvalue weighted by molar-refractivity contribution is 7.89. The number of methoxy groups -OCH3 is 1. The number of hydrogen-bond acceptors (Lipinski definition) is 5. The van der Waals surface area contributed by atoms with Gasteiger partial charge in [-0.1, -0.05) is 0 Å². The predicted molar refractivity (Wildman–Crippen MR) is 75.1 cm³/mol. The minimum atomic E-state index is -3.52. The van der Waals surface area contributed by atoms with Crippen molar-refractivity contribution in [3.8, 4) is 0 Å². The number of rotatable bonds is 5. The number of aryl methyl sites for hydroxylation is 2. The Hall–Kier alpha value is -0.890. The lowest BCUT2D eigenvalue weighted by Gasteiger charge is -2.17. The minimum Gasteiger partial charge on any atom is -0.465 e. The van der Waals surface area contributed by atoms with Gasteiger partial charge in [0.05, 0.1) is 6.10 Å². The fourth-order valence-electron chi connectivity index (χ4n) is 2.67. The van der Waals surface area contributed by atoms with Crippen molar-refractivity contribution in [1.82, 2.24) is 9.62 Å². The maximum Gasteiger partial charge on any atom is 0.246 e. The molecule has 1 unspecified atom stereocenters. The van der Waals surface area contributed by atoms with Gasteiger partial charge >= 0.3 is 0 Å². The van der Waals surface area contributed by atoms with Gasteiger partial charge in [0.15, 0.2) is 0 Å². The van der Waals surface area contributed by atoms with Crippen molar-refractivity contribution < 1.29 is 17.6 Å². The molecule has 0 bridgehead atoms. The molecule has 0 aliphatic carbocycles. The van der Waals surface area contributed by atoms with Crippen LogP contribution in [0.1, 0.15) is 23.5 Å². The molecule has 1 aromatic heterocycles. The first kappa shape index (κ1) is 15.5. The lowest BCUT2D eigenvalue weighted by molar-refractivity contribution is 0.115. The Kier molecular flexibility index (Phi) is 4.53. The summed E-state index contributed by atoms with van der Waals surface area (Å²) >= 11 is 0. The number of nitrogens with one attached hydrogen (secondary N) is 1. The topological polar surface area (TPSA) is 71.8 Å². The summed E-state index contributed by atoms with van der Waals surface area (Å²) in [6, 6.07) is 0. The van der Waals surface area contributed by atoms with E-state index in [1.54, 1.807) is 28.0 Å². The van der Waals surface area contributed by atoms with E-state index in [0.717, 1.165) is 6.42 Å². The zero-order valence-electron chi connectivity index (χ0n) is 12.4. The van der Waals surface area contributed by atoms with Crippen LogP contribution in [0, 0.1) is 13.8 Å². The van der Waals surface area contributed by atoms with Gasteiger partial charge in [0.1, 0.15) is 16.4 Å². The van der Waals surface area contributed by atoms with Gasteiger partial charge in [-0.3, -0.25) is 0 Å². The molecule has 6 nitrogen and oxygen atoms in total. The molecule has 2 rings (SSSR count). The highest BCUT2D eigenvalue weighted by Gasteiger charge is 2.36. The summed E-state index contributed by atoms with van der Waals surface area (Å²) in [5, 5.41) is 2.99. The highest BCUT2D eigenvalue weighted by atomic mass is 32.2. The van der Waals surface area contributed by atoms with E-state index in [1.807, 2.05) is 0 Å². The van der Waals surface area contributed by atoms with Crippen LogP contribution in [-0.2, 0) is 21.3 Å². The standard InChI is InChI=1S/C13H22N2O4S/c1-9-12(7-14-3)13(10(2)19-9)20(16,17)15-6-5-11(8-15)18-4/h11,14H,5-8H2,1-4H3. The Morgan fingerprint density at radius 1 is 1.40 bits per heavy atom. The van der Waals surface area contributed by atoms with Gasteiger partial charge in [0.25, 0.3) is 0 Å². The average Bonchev–Trinajstić information content (AvgIpc) is 2.96. The van der Waals surface area contributed by atoms with Crippen molar-refractivity contribution >= 4 is 10.0 Å². The van der Waals surface area contributed by atoms with Crippen molar-refractivity contribution in [2.24, 2.45) is 0 Å². The highest BCUT2D eigenvalue weighted by Crippen LogP contribution is 2.31. The summed E-state index contributed by atoms with van der Waals surface area (Å²) in [5.74, 6) is 1.10. The first-order valence-electron chi connectivity index (χ1n) is 6.68. The summed E-state index contributed by atoms with van der Waals surface area (Å²) < 4.78 is 37.9. The van der Waals surface area contributed by atoms with Gasteiger partial charge in [0.2, 0.25) is 10.0 Å². The summed E-state index contributed by atoms with van der Waals surface area (Å²) in [5.41, 5.74) is 0.714. The third-order valence-corrected chi connectivity index (χ3v) is 5.78. The smallest absolute Gasteiger partial charge is 0.246 e. The molecule has 0 aromatic carbocycles. The van der Waals surface area contributed by atoms with Crippen molar-refractivity contribution in [3.63, 3.8) is 0 Å². The van der Waals surface area contributed by atoms with Crippen LogP contribution in [0.4, 0.5) is 0 Å². The second-order valence-electron chi connectivity index (χ2n) is 5.06. The maximum atomic E-state index is 12.8. The fraction of sp³-hybridized carbons (Fsp3) is 0.692. The zero-order chi connectivity index (χ0) is 14.9. The number of nitrogens with zero attached hydrogens (tertiary/aromatic N) is 1. The molecule has 1 fully saturated rings. The molecule has 0 radical (unpaired) electrons. The van der Waals surface area contributed by atoms with Crippen LogP contribution in [0.2, 0.25) is 0 Å². The first-order valence-corrected chi connectivity index (χ1v) is 8.12. The number of ether oxygens (including phenoxy) is 1. The molecule has 1 atom stereocenters. The van der Waals surface area contributed by atoms with Crippen LogP contribution >= 0.6 is 0 Å². The van der Waals surface area contributed by atoms with E-state index in [9.17, 15) is 8.42 Å². The zero-order valence-corrected chi connectivity index (χ0v) is 13.2. The van der Waals surface area contributed by atoms with Gasteiger partial charge in [-0.15, -0.1) is 0 Å². The van der Waals surface area contributed by atoms with E-state index in [0.29, 0.717) is 41.6 Å². The summed E-state index contributed by atoms with van der Waals surface area (Å²) in [6.45, 7) is 4.85. The molecule has 1 aliphatic heterocycles. The van der Waals surface area contributed by atoms with Gasteiger partial charge < -0.3 is 14.5 Å². The summed E-state index contributed by atoms with van der Waals surface area (Å²) in [7, 11) is -0.127. The molecule has 0 amide bonds. The van der Waals surface area contributed by atoms with Gasteiger partial charge in [-0.2, -0.15) is 4.31 Å². The SMILES string of the molecule is CNCc1c(C)oc(C)c1S(=O)(=O)N1CCC(OC)C1. The average molecular weight is 302 g/mol. The number of hydrogen-bond donors (Lipinski definition) is 1. The minimum absolute atomic E-state index is 0.0224. The predicted octanol–water partition coefficient (Wildman–Crippen LogP) is 1.03. The molecular weight excluding hydrogens is 280 g/mol. The van der Waals surface area contributed by atoms with E-state index in [4.69, 9.17) is 9.15 Å². The molecule has 1 aromatic rings. The number of sulfonamides is 1. The quantitative estimate of drug-likeness (QED) is 0.879. The van der Waals surface area contributed by atoms with E-state index in [2.05, 4.69) is 5.32 Å². The monoisotopic (exact) mass is 302 g/mol. The fourth-order valence-corrected chi connectivity index (χ4v) is 4.56. The third kappa shape index (κ3) is 2.63. The van der Waals surface area contributed by atoms with E-state index >= 15 is 0 Å².